The first kappa shape index (κ1) is 25.4. The first-order chi connectivity index (χ1) is 17.1. The SMILES string of the molecule is CC1CCN(c2cc(N3CCN(C(=O)OC(C)(C)C)CC3)ccc2NC(=O)c2ccc(C#N)o2)CC1. The average molecular weight is 494 g/mol. The van der Waals surface area contributed by atoms with Crippen LogP contribution in [0, 0.1) is 17.2 Å². The van der Waals surface area contributed by atoms with Gasteiger partial charge in [0, 0.05) is 45.0 Å². The number of furan rings is 1. The van der Waals surface area contributed by atoms with Crippen molar-refractivity contribution in [2.24, 2.45) is 5.92 Å². The summed E-state index contributed by atoms with van der Waals surface area (Å²) in [6.45, 7) is 12.3. The van der Waals surface area contributed by atoms with Crippen molar-refractivity contribution in [2.75, 3.05) is 54.4 Å². The number of piperazine rings is 1. The molecule has 0 aliphatic carbocycles. The number of nitrogens with one attached hydrogen (secondary N) is 1. The third-order valence-electron chi connectivity index (χ3n) is 6.59. The van der Waals surface area contributed by atoms with Crippen LogP contribution in [0.3, 0.4) is 0 Å². The molecular weight excluding hydrogens is 458 g/mol. The summed E-state index contributed by atoms with van der Waals surface area (Å²) in [6.07, 6.45) is 1.91. The summed E-state index contributed by atoms with van der Waals surface area (Å²) >= 11 is 0. The van der Waals surface area contributed by atoms with Crippen molar-refractivity contribution in [3.63, 3.8) is 0 Å². The Hall–Kier alpha value is -3.67. The van der Waals surface area contributed by atoms with E-state index in [-0.39, 0.29) is 23.5 Å². The second-order valence-electron chi connectivity index (χ2n) is 10.6. The molecule has 0 radical (unpaired) electrons. The molecule has 2 aliphatic rings. The Morgan fingerprint density at radius 1 is 1.03 bits per heavy atom. The largest absolute Gasteiger partial charge is 0.444 e. The minimum atomic E-state index is -0.513. The molecule has 9 nitrogen and oxygen atoms in total. The van der Waals surface area contributed by atoms with Crippen LogP contribution in [0.25, 0.3) is 0 Å². The highest BCUT2D eigenvalue weighted by molar-refractivity contribution is 6.04. The minimum absolute atomic E-state index is 0.103. The third kappa shape index (κ3) is 6.11. The van der Waals surface area contributed by atoms with Crippen molar-refractivity contribution in [2.45, 2.75) is 46.1 Å². The van der Waals surface area contributed by atoms with Crippen LogP contribution < -0.4 is 15.1 Å². The molecule has 2 aromatic rings. The quantitative estimate of drug-likeness (QED) is 0.659. The van der Waals surface area contributed by atoms with E-state index >= 15 is 0 Å². The summed E-state index contributed by atoms with van der Waals surface area (Å²) in [5.41, 5.74) is 2.21. The van der Waals surface area contributed by atoms with Crippen LogP contribution >= 0.6 is 0 Å². The minimum Gasteiger partial charge on any atom is -0.444 e. The molecule has 36 heavy (non-hydrogen) atoms. The smallest absolute Gasteiger partial charge is 0.410 e. The van der Waals surface area contributed by atoms with Crippen molar-refractivity contribution in [3.05, 3.63) is 41.9 Å². The maximum Gasteiger partial charge on any atom is 0.410 e. The molecule has 1 aromatic carbocycles. The number of nitrogens with zero attached hydrogens (tertiary/aromatic N) is 4. The van der Waals surface area contributed by atoms with Crippen molar-refractivity contribution < 1.29 is 18.7 Å². The molecule has 3 heterocycles. The summed E-state index contributed by atoms with van der Waals surface area (Å²) in [6, 6.07) is 10.9. The van der Waals surface area contributed by atoms with Gasteiger partial charge < -0.3 is 29.2 Å². The summed E-state index contributed by atoms with van der Waals surface area (Å²) in [5, 5.41) is 12.0. The summed E-state index contributed by atoms with van der Waals surface area (Å²) in [7, 11) is 0. The lowest BCUT2D eigenvalue weighted by Gasteiger charge is -2.38. The molecule has 192 valence electrons. The van der Waals surface area contributed by atoms with E-state index in [1.807, 2.05) is 39.0 Å². The van der Waals surface area contributed by atoms with Crippen molar-refractivity contribution in [1.82, 2.24) is 4.90 Å². The Kier molecular flexibility index (Phi) is 7.43. The van der Waals surface area contributed by atoms with Crippen LogP contribution in [-0.2, 0) is 4.74 Å². The highest BCUT2D eigenvalue weighted by atomic mass is 16.6. The molecule has 2 aliphatic heterocycles. The topological polar surface area (TPSA) is 102 Å². The van der Waals surface area contributed by atoms with E-state index in [0.29, 0.717) is 37.8 Å². The van der Waals surface area contributed by atoms with E-state index < -0.39 is 5.60 Å². The summed E-state index contributed by atoms with van der Waals surface area (Å²) < 4.78 is 10.8. The molecule has 0 unspecified atom stereocenters. The molecule has 0 saturated carbocycles. The lowest BCUT2D eigenvalue weighted by molar-refractivity contribution is 0.0240. The van der Waals surface area contributed by atoms with Gasteiger partial charge in [0.15, 0.2) is 5.76 Å². The normalized spacial score (nSPS) is 17.0. The molecular formula is C27H35N5O4. The van der Waals surface area contributed by atoms with Crippen LogP contribution in [0.1, 0.15) is 56.9 Å². The average Bonchev–Trinajstić information content (AvgIpc) is 3.34. The van der Waals surface area contributed by atoms with Crippen LogP contribution in [0.4, 0.5) is 21.9 Å². The second kappa shape index (κ2) is 10.5. The van der Waals surface area contributed by atoms with E-state index in [0.717, 1.165) is 37.3 Å². The zero-order valence-electron chi connectivity index (χ0n) is 21.5. The molecule has 0 atom stereocenters. The summed E-state index contributed by atoms with van der Waals surface area (Å²) in [5.74, 6) is 0.496. The van der Waals surface area contributed by atoms with Gasteiger partial charge in [-0.05, 0) is 69.9 Å². The number of rotatable bonds is 4. The van der Waals surface area contributed by atoms with Gasteiger partial charge in [0.2, 0.25) is 5.76 Å². The number of amides is 2. The molecule has 4 rings (SSSR count). The molecule has 0 spiro atoms. The summed E-state index contributed by atoms with van der Waals surface area (Å²) in [4.78, 5) is 31.6. The van der Waals surface area contributed by atoms with Gasteiger partial charge >= 0.3 is 6.09 Å². The molecule has 1 N–H and O–H groups in total. The lowest BCUT2D eigenvalue weighted by Crippen LogP contribution is -2.50. The Labute approximate surface area is 212 Å². The van der Waals surface area contributed by atoms with Gasteiger partial charge in [0.05, 0.1) is 11.4 Å². The fourth-order valence-electron chi connectivity index (χ4n) is 4.51. The highest BCUT2D eigenvalue weighted by Crippen LogP contribution is 2.34. The maximum absolute atomic E-state index is 12.8. The number of hydrogen-bond acceptors (Lipinski definition) is 7. The third-order valence-corrected chi connectivity index (χ3v) is 6.59. The fraction of sp³-hybridized carbons (Fsp3) is 0.519. The highest BCUT2D eigenvalue weighted by Gasteiger charge is 2.27. The van der Waals surface area contributed by atoms with Gasteiger partial charge in [-0.15, -0.1) is 0 Å². The number of carbonyl (C=O) groups excluding carboxylic acids is 2. The van der Waals surface area contributed by atoms with E-state index in [1.54, 1.807) is 4.90 Å². The van der Waals surface area contributed by atoms with Gasteiger partial charge in [0.25, 0.3) is 5.91 Å². The molecule has 2 amide bonds. The van der Waals surface area contributed by atoms with Gasteiger partial charge in [-0.2, -0.15) is 5.26 Å². The fourth-order valence-corrected chi connectivity index (χ4v) is 4.51. The predicted octanol–water partition coefficient (Wildman–Crippen LogP) is 4.70. The number of carbonyl (C=O) groups is 2. The van der Waals surface area contributed by atoms with E-state index in [1.165, 1.54) is 12.1 Å². The molecule has 2 saturated heterocycles. The van der Waals surface area contributed by atoms with Gasteiger partial charge in [-0.25, -0.2) is 4.79 Å². The number of anilines is 3. The Bertz CT molecular complexity index is 1130. The Morgan fingerprint density at radius 3 is 2.33 bits per heavy atom. The number of benzene rings is 1. The van der Waals surface area contributed by atoms with Gasteiger partial charge in [0.1, 0.15) is 11.7 Å². The standard InChI is InChI=1S/C27H35N5O4/c1-19-9-11-31(12-10-19)23-17-20(30-13-15-32(16-14-30)26(34)36-27(2,3)4)5-7-22(23)29-25(33)24-8-6-21(18-28)35-24/h5-8,17,19H,9-16H2,1-4H3,(H,29,33). The van der Waals surface area contributed by atoms with Crippen molar-refractivity contribution >= 4 is 29.1 Å². The van der Waals surface area contributed by atoms with Gasteiger partial charge in [-0.3, -0.25) is 4.79 Å². The first-order valence-electron chi connectivity index (χ1n) is 12.6. The van der Waals surface area contributed by atoms with Crippen LogP contribution in [0.15, 0.2) is 34.7 Å². The Morgan fingerprint density at radius 2 is 1.72 bits per heavy atom. The molecule has 0 bridgehead atoms. The monoisotopic (exact) mass is 493 g/mol. The number of ether oxygens (including phenoxy) is 1. The Balaban J connectivity index is 1.51. The molecule has 2 fully saturated rings. The first-order valence-corrected chi connectivity index (χ1v) is 12.6. The van der Waals surface area contributed by atoms with Crippen molar-refractivity contribution in [3.8, 4) is 6.07 Å². The maximum atomic E-state index is 12.8. The predicted molar refractivity (Wildman–Crippen MR) is 138 cm³/mol. The van der Waals surface area contributed by atoms with Crippen LogP contribution in [0.2, 0.25) is 0 Å². The van der Waals surface area contributed by atoms with Crippen molar-refractivity contribution in [1.29, 1.82) is 5.26 Å². The van der Waals surface area contributed by atoms with Crippen LogP contribution in [0.5, 0.6) is 0 Å². The zero-order valence-corrected chi connectivity index (χ0v) is 21.5. The second-order valence-corrected chi connectivity index (χ2v) is 10.6. The molecule has 9 heteroatoms. The van der Waals surface area contributed by atoms with E-state index in [2.05, 4.69) is 28.1 Å². The number of nitriles is 1. The number of piperidine rings is 1. The van der Waals surface area contributed by atoms with Gasteiger partial charge in [-0.1, -0.05) is 6.92 Å². The lowest BCUT2D eigenvalue weighted by atomic mass is 9.98. The molecule has 1 aromatic heterocycles. The number of hydrogen-bond donors (Lipinski definition) is 1. The van der Waals surface area contributed by atoms with E-state index in [9.17, 15) is 9.59 Å². The zero-order chi connectivity index (χ0) is 25.9. The van der Waals surface area contributed by atoms with Crippen LogP contribution in [-0.4, -0.2) is 61.8 Å². The van der Waals surface area contributed by atoms with E-state index in [4.69, 9.17) is 14.4 Å².